The first-order valence-electron chi connectivity index (χ1n) is 5.10. The van der Waals surface area contributed by atoms with Crippen LogP contribution in [0.4, 0.5) is 9.52 Å². The van der Waals surface area contributed by atoms with Crippen molar-refractivity contribution in [2.75, 3.05) is 5.32 Å². The summed E-state index contributed by atoms with van der Waals surface area (Å²) in [5.41, 5.74) is 0.892. The SMILES string of the molecule is CC(=O)Nc1ncc(Cc2cccc(F)c2)s1. The summed E-state index contributed by atoms with van der Waals surface area (Å²) >= 11 is 1.40. The Morgan fingerprint density at radius 1 is 1.53 bits per heavy atom. The van der Waals surface area contributed by atoms with E-state index in [1.54, 1.807) is 12.3 Å². The highest BCUT2D eigenvalue weighted by molar-refractivity contribution is 7.15. The molecule has 3 nitrogen and oxygen atoms in total. The third kappa shape index (κ3) is 3.35. The number of carbonyl (C=O) groups is 1. The minimum atomic E-state index is -0.242. The van der Waals surface area contributed by atoms with Crippen molar-refractivity contribution in [2.45, 2.75) is 13.3 Å². The highest BCUT2D eigenvalue weighted by Gasteiger charge is 2.04. The van der Waals surface area contributed by atoms with Crippen LogP contribution < -0.4 is 5.32 Å². The fourth-order valence-corrected chi connectivity index (χ4v) is 2.34. The predicted molar refractivity (Wildman–Crippen MR) is 65.6 cm³/mol. The fourth-order valence-electron chi connectivity index (χ4n) is 1.45. The lowest BCUT2D eigenvalue weighted by molar-refractivity contribution is -0.114. The van der Waals surface area contributed by atoms with Gasteiger partial charge in [0.05, 0.1) is 0 Å². The Labute approximate surface area is 102 Å². The zero-order valence-electron chi connectivity index (χ0n) is 9.24. The minimum Gasteiger partial charge on any atom is -0.302 e. The predicted octanol–water partition coefficient (Wildman–Crippen LogP) is 2.83. The molecule has 5 heteroatoms. The molecule has 1 aromatic heterocycles. The average Bonchev–Trinajstić information content (AvgIpc) is 2.64. The lowest BCUT2D eigenvalue weighted by Crippen LogP contribution is -2.04. The molecule has 0 aliphatic heterocycles. The molecule has 0 spiro atoms. The molecule has 0 unspecified atom stereocenters. The molecule has 0 radical (unpaired) electrons. The third-order valence-corrected chi connectivity index (χ3v) is 3.02. The number of hydrogen-bond donors (Lipinski definition) is 1. The fraction of sp³-hybridized carbons (Fsp3) is 0.167. The summed E-state index contributed by atoms with van der Waals surface area (Å²) < 4.78 is 13.0. The topological polar surface area (TPSA) is 42.0 Å². The summed E-state index contributed by atoms with van der Waals surface area (Å²) in [5, 5.41) is 3.19. The van der Waals surface area contributed by atoms with Gasteiger partial charge in [-0.2, -0.15) is 0 Å². The second-order valence-electron chi connectivity index (χ2n) is 3.62. The normalized spacial score (nSPS) is 10.2. The van der Waals surface area contributed by atoms with E-state index in [9.17, 15) is 9.18 Å². The molecule has 17 heavy (non-hydrogen) atoms. The quantitative estimate of drug-likeness (QED) is 0.910. The van der Waals surface area contributed by atoms with Crippen molar-refractivity contribution >= 4 is 22.4 Å². The van der Waals surface area contributed by atoms with E-state index in [1.165, 1.54) is 30.4 Å². The van der Waals surface area contributed by atoms with Gasteiger partial charge >= 0.3 is 0 Å². The standard InChI is InChI=1S/C12H11FN2OS/c1-8(16)15-12-14-7-11(17-12)6-9-3-2-4-10(13)5-9/h2-5,7H,6H2,1H3,(H,14,15,16). The number of nitrogens with zero attached hydrogens (tertiary/aromatic N) is 1. The first-order valence-corrected chi connectivity index (χ1v) is 5.92. The summed E-state index contributed by atoms with van der Waals surface area (Å²) in [7, 11) is 0. The highest BCUT2D eigenvalue weighted by Crippen LogP contribution is 2.21. The molecular formula is C12H11FN2OS. The molecule has 1 aromatic carbocycles. The number of thiazole rings is 1. The van der Waals surface area contributed by atoms with E-state index in [2.05, 4.69) is 10.3 Å². The number of amides is 1. The van der Waals surface area contributed by atoms with Gasteiger partial charge in [-0.3, -0.25) is 4.79 Å². The van der Waals surface area contributed by atoms with Gasteiger partial charge in [0.1, 0.15) is 5.82 Å². The van der Waals surface area contributed by atoms with Crippen LogP contribution in [-0.2, 0) is 11.2 Å². The minimum absolute atomic E-state index is 0.142. The number of anilines is 1. The summed E-state index contributed by atoms with van der Waals surface area (Å²) in [6, 6.07) is 6.46. The zero-order chi connectivity index (χ0) is 12.3. The Morgan fingerprint density at radius 3 is 3.06 bits per heavy atom. The van der Waals surface area contributed by atoms with Crippen LogP contribution in [0.3, 0.4) is 0 Å². The lowest BCUT2D eigenvalue weighted by atomic mass is 10.1. The summed E-state index contributed by atoms with van der Waals surface area (Å²) in [4.78, 5) is 15.9. The van der Waals surface area contributed by atoms with E-state index in [1.807, 2.05) is 6.07 Å². The van der Waals surface area contributed by atoms with Gasteiger partial charge in [-0.1, -0.05) is 12.1 Å². The van der Waals surface area contributed by atoms with Crippen molar-refractivity contribution in [3.05, 3.63) is 46.7 Å². The van der Waals surface area contributed by atoms with Crippen molar-refractivity contribution < 1.29 is 9.18 Å². The van der Waals surface area contributed by atoms with Gasteiger partial charge in [0, 0.05) is 24.4 Å². The van der Waals surface area contributed by atoms with Crippen molar-refractivity contribution in [3.8, 4) is 0 Å². The third-order valence-electron chi connectivity index (χ3n) is 2.10. The maximum absolute atomic E-state index is 13.0. The van der Waals surface area contributed by atoms with Crippen molar-refractivity contribution in [1.29, 1.82) is 0 Å². The monoisotopic (exact) mass is 250 g/mol. The first-order chi connectivity index (χ1) is 8.13. The number of hydrogen-bond acceptors (Lipinski definition) is 3. The Hall–Kier alpha value is -1.75. The molecule has 0 aliphatic rings. The van der Waals surface area contributed by atoms with Crippen LogP contribution in [-0.4, -0.2) is 10.9 Å². The first kappa shape index (κ1) is 11.7. The molecule has 0 fully saturated rings. The maximum Gasteiger partial charge on any atom is 0.223 e. The molecule has 1 heterocycles. The highest BCUT2D eigenvalue weighted by atomic mass is 32.1. The molecule has 0 aliphatic carbocycles. The molecule has 0 atom stereocenters. The van der Waals surface area contributed by atoms with Crippen molar-refractivity contribution in [3.63, 3.8) is 0 Å². The summed E-state index contributed by atoms with van der Waals surface area (Å²) in [5.74, 6) is -0.384. The van der Waals surface area contributed by atoms with Crippen LogP contribution in [0.5, 0.6) is 0 Å². The van der Waals surface area contributed by atoms with Gasteiger partial charge in [-0.25, -0.2) is 9.37 Å². The Morgan fingerprint density at radius 2 is 2.35 bits per heavy atom. The van der Waals surface area contributed by atoms with Gasteiger partial charge in [-0.15, -0.1) is 11.3 Å². The molecule has 0 saturated carbocycles. The number of nitrogens with one attached hydrogen (secondary N) is 1. The second kappa shape index (κ2) is 5.05. The Kier molecular flexibility index (Phi) is 3.49. The second-order valence-corrected chi connectivity index (χ2v) is 4.73. The molecule has 1 N–H and O–H groups in total. The van der Waals surface area contributed by atoms with E-state index in [0.29, 0.717) is 11.6 Å². The van der Waals surface area contributed by atoms with Crippen LogP contribution >= 0.6 is 11.3 Å². The van der Waals surface area contributed by atoms with Crippen LogP contribution in [0.2, 0.25) is 0 Å². The maximum atomic E-state index is 13.0. The van der Waals surface area contributed by atoms with Gasteiger partial charge in [0.25, 0.3) is 0 Å². The van der Waals surface area contributed by atoms with Crippen LogP contribution in [0.25, 0.3) is 0 Å². The van der Waals surface area contributed by atoms with E-state index in [-0.39, 0.29) is 11.7 Å². The number of carbonyl (C=O) groups excluding carboxylic acids is 1. The van der Waals surface area contributed by atoms with E-state index in [0.717, 1.165) is 10.4 Å². The average molecular weight is 250 g/mol. The number of benzene rings is 1. The van der Waals surface area contributed by atoms with E-state index in [4.69, 9.17) is 0 Å². The Balaban J connectivity index is 2.08. The van der Waals surface area contributed by atoms with Gasteiger partial charge in [0.2, 0.25) is 5.91 Å². The molecular weight excluding hydrogens is 239 g/mol. The summed E-state index contributed by atoms with van der Waals surface area (Å²) in [6.45, 7) is 1.44. The van der Waals surface area contributed by atoms with Crippen molar-refractivity contribution in [1.82, 2.24) is 4.98 Å². The number of aromatic nitrogens is 1. The summed E-state index contributed by atoms with van der Waals surface area (Å²) in [6.07, 6.45) is 2.32. The molecule has 0 bridgehead atoms. The smallest absolute Gasteiger partial charge is 0.223 e. The molecule has 0 saturated heterocycles. The van der Waals surface area contributed by atoms with Crippen molar-refractivity contribution in [2.24, 2.45) is 0 Å². The Bertz CT molecular complexity index is 539. The lowest BCUT2D eigenvalue weighted by Gasteiger charge is -1.97. The molecule has 1 amide bonds. The van der Waals surface area contributed by atoms with Crippen LogP contribution in [0.1, 0.15) is 17.4 Å². The largest absolute Gasteiger partial charge is 0.302 e. The molecule has 2 rings (SSSR count). The molecule has 88 valence electrons. The van der Waals surface area contributed by atoms with Gasteiger partial charge < -0.3 is 5.32 Å². The van der Waals surface area contributed by atoms with Crippen LogP contribution in [0.15, 0.2) is 30.5 Å². The number of rotatable bonds is 3. The molecule has 2 aromatic rings. The van der Waals surface area contributed by atoms with E-state index < -0.39 is 0 Å². The van der Waals surface area contributed by atoms with Crippen LogP contribution in [0, 0.1) is 5.82 Å². The van der Waals surface area contributed by atoms with Gasteiger partial charge in [-0.05, 0) is 17.7 Å². The number of halogens is 1. The van der Waals surface area contributed by atoms with E-state index >= 15 is 0 Å². The van der Waals surface area contributed by atoms with Gasteiger partial charge in [0.15, 0.2) is 5.13 Å². The zero-order valence-corrected chi connectivity index (χ0v) is 10.1.